The van der Waals surface area contributed by atoms with E-state index in [4.69, 9.17) is 0 Å². The number of hydrogen-bond acceptors (Lipinski definition) is 3. The molecule has 0 atom stereocenters. The van der Waals surface area contributed by atoms with E-state index in [9.17, 15) is 15.0 Å². The SMILES string of the molecule is CC1(C)C(CNC(=O)c2c(O)cccc2O)C1(C)C. The van der Waals surface area contributed by atoms with Gasteiger partial charge >= 0.3 is 0 Å². The van der Waals surface area contributed by atoms with E-state index < -0.39 is 5.91 Å². The lowest BCUT2D eigenvalue weighted by Gasteiger charge is -2.09. The lowest BCUT2D eigenvalue weighted by molar-refractivity contribution is 0.0944. The summed E-state index contributed by atoms with van der Waals surface area (Å²) in [7, 11) is 0. The van der Waals surface area contributed by atoms with E-state index in [0.717, 1.165) is 0 Å². The van der Waals surface area contributed by atoms with Gasteiger partial charge in [-0.2, -0.15) is 0 Å². The van der Waals surface area contributed by atoms with Crippen molar-refractivity contribution >= 4 is 5.91 Å². The Hall–Kier alpha value is -1.71. The summed E-state index contributed by atoms with van der Waals surface area (Å²) < 4.78 is 0. The van der Waals surface area contributed by atoms with Crippen molar-refractivity contribution in [2.45, 2.75) is 27.7 Å². The van der Waals surface area contributed by atoms with Gasteiger partial charge < -0.3 is 15.5 Å². The molecule has 3 N–H and O–H groups in total. The summed E-state index contributed by atoms with van der Waals surface area (Å²) in [5.41, 5.74) is 0.334. The average Bonchev–Trinajstić information content (AvgIpc) is 2.66. The molecule has 1 aromatic rings. The van der Waals surface area contributed by atoms with Crippen LogP contribution >= 0.6 is 0 Å². The van der Waals surface area contributed by atoms with Crippen LogP contribution in [0.3, 0.4) is 0 Å². The normalized spacial score (nSPS) is 20.0. The number of amides is 1. The maximum absolute atomic E-state index is 12.0. The fraction of sp³-hybridized carbons (Fsp3) is 0.533. The van der Waals surface area contributed by atoms with E-state index in [1.807, 2.05) is 0 Å². The first-order chi connectivity index (χ1) is 8.69. The van der Waals surface area contributed by atoms with Gasteiger partial charge in [0.2, 0.25) is 0 Å². The van der Waals surface area contributed by atoms with Gasteiger partial charge in [0, 0.05) is 6.54 Å². The van der Waals surface area contributed by atoms with Gasteiger partial charge in [-0.05, 0) is 28.9 Å². The van der Waals surface area contributed by atoms with Crippen molar-refractivity contribution in [3.63, 3.8) is 0 Å². The number of rotatable bonds is 3. The molecule has 1 aromatic carbocycles. The largest absolute Gasteiger partial charge is 0.507 e. The van der Waals surface area contributed by atoms with Crippen LogP contribution in [0.25, 0.3) is 0 Å². The molecule has 0 spiro atoms. The number of phenols is 2. The highest BCUT2D eigenvalue weighted by Gasteiger charge is 2.64. The smallest absolute Gasteiger partial charge is 0.258 e. The standard InChI is InChI=1S/C15H21NO3/c1-14(2)11(15(14,3)4)8-16-13(19)12-9(17)6-5-7-10(12)18/h5-7,11,17-18H,8H2,1-4H3,(H,16,19). The highest BCUT2D eigenvalue weighted by molar-refractivity contribution is 5.99. The van der Waals surface area contributed by atoms with E-state index in [1.54, 1.807) is 0 Å². The van der Waals surface area contributed by atoms with Crippen LogP contribution in [0.2, 0.25) is 0 Å². The van der Waals surface area contributed by atoms with E-state index >= 15 is 0 Å². The summed E-state index contributed by atoms with van der Waals surface area (Å²) in [6.07, 6.45) is 0. The Labute approximate surface area is 113 Å². The van der Waals surface area contributed by atoms with Crippen molar-refractivity contribution in [2.24, 2.45) is 16.7 Å². The molecule has 0 aliphatic heterocycles. The molecule has 4 heteroatoms. The molecule has 0 heterocycles. The summed E-state index contributed by atoms with van der Waals surface area (Å²) in [5.74, 6) is -0.440. The van der Waals surface area contributed by atoms with Crippen molar-refractivity contribution in [3.8, 4) is 11.5 Å². The molecule has 0 radical (unpaired) electrons. The van der Waals surface area contributed by atoms with Gasteiger partial charge in [-0.25, -0.2) is 0 Å². The fourth-order valence-electron chi connectivity index (χ4n) is 2.89. The zero-order valence-corrected chi connectivity index (χ0v) is 11.8. The number of hydrogen-bond donors (Lipinski definition) is 3. The van der Waals surface area contributed by atoms with Gasteiger partial charge in [-0.3, -0.25) is 4.79 Å². The molecule has 1 saturated carbocycles. The number of phenolic OH excluding ortho intramolecular Hbond substituents is 2. The van der Waals surface area contributed by atoms with Crippen LogP contribution < -0.4 is 5.32 Å². The zero-order valence-electron chi connectivity index (χ0n) is 11.8. The molecule has 0 saturated heterocycles. The molecule has 1 amide bonds. The first-order valence-corrected chi connectivity index (χ1v) is 6.48. The second-order valence-electron chi connectivity index (χ2n) is 6.38. The molecule has 1 aliphatic carbocycles. The molecule has 0 bridgehead atoms. The quantitative estimate of drug-likeness (QED) is 0.784. The minimum absolute atomic E-state index is 0.0567. The molecule has 4 nitrogen and oxygen atoms in total. The second-order valence-corrected chi connectivity index (χ2v) is 6.38. The van der Waals surface area contributed by atoms with Crippen molar-refractivity contribution < 1.29 is 15.0 Å². The van der Waals surface area contributed by atoms with Crippen LogP contribution in [-0.2, 0) is 0 Å². The van der Waals surface area contributed by atoms with Crippen molar-refractivity contribution in [3.05, 3.63) is 23.8 Å². The van der Waals surface area contributed by atoms with Gasteiger partial charge in [0.05, 0.1) is 0 Å². The van der Waals surface area contributed by atoms with E-state index in [-0.39, 0.29) is 27.9 Å². The minimum Gasteiger partial charge on any atom is -0.507 e. The summed E-state index contributed by atoms with van der Waals surface area (Å²) in [5, 5.41) is 22.0. The number of carbonyl (C=O) groups excluding carboxylic acids is 1. The molecule has 104 valence electrons. The lowest BCUT2D eigenvalue weighted by Crippen LogP contribution is -2.27. The topological polar surface area (TPSA) is 69.6 Å². The molecule has 0 aromatic heterocycles. The summed E-state index contributed by atoms with van der Waals surface area (Å²) in [6.45, 7) is 9.28. The van der Waals surface area contributed by atoms with Crippen LogP contribution in [0.15, 0.2) is 18.2 Å². The predicted octanol–water partition coefficient (Wildman–Crippen LogP) is 2.51. The fourth-order valence-corrected chi connectivity index (χ4v) is 2.89. The molecule has 1 aliphatic rings. The second kappa shape index (κ2) is 4.15. The number of benzene rings is 1. The van der Waals surface area contributed by atoms with Gasteiger partial charge in [0.25, 0.3) is 5.91 Å². The molecule has 2 rings (SSSR count). The third-order valence-electron chi connectivity index (χ3n) is 5.03. The monoisotopic (exact) mass is 263 g/mol. The Kier molecular flexibility index (Phi) is 3.00. The third-order valence-corrected chi connectivity index (χ3v) is 5.03. The molecular weight excluding hydrogens is 242 g/mol. The van der Waals surface area contributed by atoms with Gasteiger partial charge in [-0.15, -0.1) is 0 Å². The molecule has 19 heavy (non-hydrogen) atoms. The summed E-state index contributed by atoms with van der Waals surface area (Å²) >= 11 is 0. The van der Waals surface area contributed by atoms with Gasteiger partial charge in [0.15, 0.2) is 0 Å². The highest BCUT2D eigenvalue weighted by Crippen LogP contribution is 2.67. The van der Waals surface area contributed by atoms with Crippen LogP contribution in [0.1, 0.15) is 38.1 Å². The third kappa shape index (κ3) is 2.05. The van der Waals surface area contributed by atoms with Crippen molar-refractivity contribution in [1.29, 1.82) is 0 Å². The molecular formula is C15H21NO3. The lowest BCUT2D eigenvalue weighted by atomic mass is 10.0. The van der Waals surface area contributed by atoms with E-state index in [0.29, 0.717) is 12.5 Å². The van der Waals surface area contributed by atoms with Crippen LogP contribution in [0.5, 0.6) is 11.5 Å². The minimum atomic E-state index is -0.436. The number of carbonyl (C=O) groups is 1. The first-order valence-electron chi connectivity index (χ1n) is 6.48. The van der Waals surface area contributed by atoms with Gasteiger partial charge in [-0.1, -0.05) is 33.8 Å². The highest BCUT2D eigenvalue weighted by atomic mass is 16.3. The van der Waals surface area contributed by atoms with E-state index in [2.05, 4.69) is 33.0 Å². The zero-order chi connectivity index (χ0) is 14.4. The summed E-state index contributed by atoms with van der Waals surface area (Å²) in [6, 6.07) is 4.27. The Balaban J connectivity index is 2.04. The molecule has 1 fully saturated rings. The number of aromatic hydroxyl groups is 2. The maximum atomic E-state index is 12.0. The maximum Gasteiger partial charge on any atom is 0.258 e. The Morgan fingerprint density at radius 2 is 1.63 bits per heavy atom. The molecule has 0 unspecified atom stereocenters. The van der Waals surface area contributed by atoms with Crippen molar-refractivity contribution in [2.75, 3.05) is 6.54 Å². The van der Waals surface area contributed by atoms with Crippen LogP contribution in [-0.4, -0.2) is 22.7 Å². The average molecular weight is 263 g/mol. The van der Waals surface area contributed by atoms with Crippen LogP contribution in [0.4, 0.5) is 0 Å². The Morgan fingerprint density at radius 1 is 1.16 bits per heavy atom. The van der Waals surface area contributed by atoms with Crippen molar-refractivity contribution in [1.82, 2.24) is 5.32 Å². The summed E-state index contributed by atoms with van der Waals surface area (Å²) in [4.78, 5) is 12.0. The Morgan fingerprint density at radius 3 is 2.05 bits per heavy atom. The number of nitrogens with one attached hydrogen (secondary N) is 1. The Bertz CT molecular complexity index is 486. The first kappa shape index (κ1) is 13.7. The van der Waals surface area contributed by atoms with Crippen LogP contribution in [0, 0.1) is 16.7 Å². The predicted molar refractivity (Wildman–Crippen MR) is 73.2 cm³/mol. The van der Waals surface area contributed by atoms with E-state index in [1.165, 1.54) is 18.2 Å². The van der Waals surface area contributed by atoms with Gasteiger partial charge in [0.1, 0.15) is 17.1 Å².